The third kappa shape index (κ3) is 108. The summed E-state index contributed by atoms with van der Waals surface area (Å²) in [7, 11) is -4.67. The molecule has 38 valence electrons. The maximum atomic E-state index is 8.74. The van der Waals surface area contributed by atoms with Gasteiger partial charge in [0.15, 0.2) is 0 Å². The first-order valence-electron chi connectivity index (χ1n) is 0.698. The minimum absolute atomic E-state index is 0. The zero-order valence-electron chi connectivity index (χ0n) is 3.20. The van der Waals surface area contributed by atoms with Gasteiger partial charge in [0.2, 0.25) is 0 Å². The number of rotatable bonds is 0. The summed E-state index contributed by atoms with van der Waals surface area (Å²) in [4.78, 5) is 0. The van der Waals surface area contributed by atoms with E-state index in [1.54, 1.807) is 0 Å². The Labute approximate surface area is 77.3 Å². The van der Waals surface area contributed by atoms with Gasteiger partial charge in [-0.15, -0.1) is 0 Å². The molecule has 0 aromatic rings. The molecule has 0 fully saturated rings. The van der Waals surface area contributed by atoms with Crippen molar-refractivity contribution in [2.24, 2.45) is 0 Å². The molecule has 0 aromatic carbocycles. The molecule has 0 rings (SSSR count). The van der Waals surface area contributed by atoms with Crippen LogP contribution in [0, 0.1) is 12.4 Å². The molecule has 0 heterocycles. The molecule has 2 radical (unpaired) electrons. The van der Waals surface area contributed by atoms with Gasteiger partial charge in [-0.05, 0) is 0 Å². The van der Waals surface area contributed by atoms with Gasteiger partial charge in [-0.2, -0.15) is 8.42 Å². The summed E-state index contributed by atoms with van der Waals surface area (Å²) in [5, 5.41) is 0. The van der Waals surface area contributed by atoms with E-state index in [1.807, 2.05) is 0 Å². The minimum atomic E-state index is -4.67. The normalized spacial score (nSPS) is 8.29. The molecule has 7 heteroatoms. The monoisotopic (exact) mass is 173 g/mol. The first-order valence-corrected chi connectivity index (χ1v) is 2.10. The van der Waals surface area contributed by atoms with E-state index in [2.05, 4.69) is 0 Å². The maximum Gasteiger partial charge on any atom is 2.00 e. The van der Waals surface area contributed by atoms with Crippen molar-refractivity contribution in [1.82, 2.24) is 0 Å². The van der Waals surface area contributed by atoms with Crippen LogP contribution in [0.5, 0.6) is 0 Å². The Kier molecular flexibility index (Phi) is 12.5. The molecule has 0 aliphatic carbocycles. The van der Waals surface area contributed by atoms with Crippen LogP contribution in [0.25, 0.3) is 0 Å². The van der Waals surface area contributed by atoms with Crippen molar-refractivity contribution in [2.45, 2.75) is 0 Å². The van der Waals surface area contributed by atoms with Crippen LogP contribution in [-0.4, -0.2) is 55.3 Å². The molecule has 0 amide bonds. The van der Waals surface area contributed by atoms with Gasteiger partial charge in [0.1, 0.15) is 0 Å². The van der Waals surface area contributed by atoms with Crippen LogP contribution in [0.1, 0.15) is 0 Å². The van der Waals surface area contributed by atoms with Crippen LogP contribution in [0.15, 0.2) is 0 Å². The largest absolute Gasteiger partial charge is 2.00 e. The van der Waals surface area contributed by atoms with Crippen molar-refractivity contribution in [1.29, 1.82) is 0 Å². The molecule has 0 atom stereocenters. The Morgan fingerprint density at radius 3 is 1.14 bits per heavy atom. The van der Waals surface area contributed by atoms with Gasteiger partial charge in [-0.25, -0.2) is 0 Å². The SMILES string of the molecule is O=S(=O)(O)O.[Ca+2].[Cl+]. The second-order valence-corrected chi connectivity index (χ2v) is 1.34. The van der Waals surface area contributed by atoms with Crippen LogP contribution in [-0.2, 0) is 10.4 Å². The van der Waals surface area contributed by atoms with Gasteiger partial charge >= 0.3 is 60.5 Å². The van der Waals surface area contributed by atoms with Crippen molar-refractivity contribution in [3.8, 4) is 0 Å². The molecule has 0 aliphatic rings. The molecule has 0 bridgehead atoms. The molecule has 0 saturated carbocycles. The summed E-state index contributed by atoms with van der Waals surface area (Å²) in [5.74, 6) is 0. The molecule has 7 heavy (non-hydrogen) atoms. The summed E-state index contributed by atoms with van der Waals surface area (Å²) in [5.41, 5.74) is 0. The summed E-state index contributed by atoms with van der Waals surface area (Å²) >= 11 is 0. The van der Waals surface area contributed by atoms with Crippen molar-refractivity contribution in [2.75, 3.05) is 0 Å². The van der Waals surface area contributed by atoms with Gasteiger partial charge < -0.3 is 0 Å². The number of halogens is 1. The fourth-order valence-electron chi connectivity index (χ4n) is 0. The number of hydrogen-bond acceptors (Lipinski definition) is 2. The van der Waals surface area contributed by atoms with Gasteiger partial charge in [0, 0.05) is 0 Å². The van der Waals surface area contributed by atoms with Crippen molar-refractivity contribution in [3.05, 3.63) is 0 Å². The van der Waals surface area contributed by atoms with Crippen LogP contribution in [0.4, 0.5) is 0 Å². The first kappa shape index (κ1) is 15.8. The summed E-state index contributed by atoms with van der Waals surface area (Å²) in [6.07, 6.45) is 0. The molecule has 4 nitrogen and oxygen atoms in total. The number of hydrogen-bond donors (Lipinski definition) is 2. The Hall–Kier alpha value is 1.42. The van der Waals surface area contributed by atoms with Crippen LogP contribution >= 0.6 is 0 Å². The third-order valence-corrected chi connectivity index (χ3v) is 0. The van der Waals surface area contributed by atoms with E-state index in [9.17, 15) is 0 Å². The third-order valence-electron chi connectivity index (χ3n) is 0. The van der Waals surface area contributed by atoms with Crippen LogP contribution in [0.3, 0.4) is 0 Å². The Balaban J connectivity index is -0.0000000800. The van der Waals surface area contributed by atoms with Crippen LogP contribution in [0.2, 0.25) is 0 Å². The molecular formula is H2CaClO4S+3. The molecular weight excluding hydrogens is 172 g/mol. The van der Waals surface area contributed by atoms with E-state index in [1.165, 1.54) is 0 Å². The average molecular weight is 174 g/mol. The quantitative estimate of drug-likeness (QED) is 0.363. The van der Waals surface area contributed by atoms with Crippen molar-refractivity contribution >= 4 is 48.1 Å². The van der Waals surface area contributed by atoms with E-state index in [4.69, 9.17) is 17.5 Å². The molecule has 0 aromatic heterocycles. The first-order chi connectivity index (χ1) is 2.00. The van der Waals surface area contributed by atoms with Gasteiger partial charge in [0.25, 0.3) is 0 Å². The predicted octanol–water partition coefficient (Wildman–Crippen LogP) is -1.03. The molecule has 2 N–H and O–H groups in total. The fourth-order valence-corrected chi connectivity index (χ4v) is 0. The topological polar surface area (TPSA) is 74.6 Å². The Bertz CT molecular complexity index is 94.9. The van der Waals surface area contributed by atoms with E-state index < -0.39 is 10.4 Å². The van der Waals surface area contributed by atoms with E-state index in [0.29, 0.717) is 0 Å². The van der Waals surface area contributed by atoms with Crippen molar-refractivity contribution < 1.29 is 29.9 Å². The zero-order valence-corrected chi connectivity index (χ0v) is 6.99. The summed E-state index contributed by atoms with van der Waals surface area (Å²) in [6.45, 7) is 0. The van der Waals surface area contributed by atoms with Gasteiger partial charge in [0.05, 0.1) is 0 Å². The van der Waals surface area contributed by atoms with E-state index in [-0.39, 0.29) is 50.1 Å². The molecule has 0 unspecified atom stereocenters. The maximum absolute atomic E-state index is 8.74. The summed E-state index contributed by atoms with van der Waals surface area (Å²) < 4.78 is 31.6. The molecule has 0 spiro atoms. The van der Waals surface area contributed by atoms with Crippen molar-refractivity contribution in [3.63, 3.8) is 0 Å². The predicted molar refractivity (Wildman–Crippen MR) is 19.9 cm³/mol. The van der Waals surface area contributed by atoms with E-state index in [0.717, 1.165) is 0 Å². The minimum Gasteiger partial charge on any atom is -0.264 e. The fraction of sp³-hybridized carbons (Fsp3) is 0. The Morgan fingerprint density at radius 1 is 1.14 bits per heavy atom. The second kappa shape index (κ2) is 5.55. The van der Waals surface area contributed by atoms with Crippen LogP contribution < -0.4 is 0 Å². The van der Waals surface area contributed by atoms with E-state index >= 15 is 0 Å². The van der Waals surface area contributed by atoms with Gasteiger partial charge in [-0.1, -0.05) is 0 Å². The zero-order chi connectivity index (χ0) is 4.50. The van der Waals surface area contributed by atoms with Gasteiger partial charge in [-0.3, -0.25) is 9.11 Å². The smallest absolute Gasteiger partial charge is 0.264 e. The molecule has 0 aliphatic heterocycles. The summed E-state index contributed by atoms with van der Waals surface area (Å²) in [6, 6.07) is 0. The molecule has 0 saturated heterocycles. The standard InChI is InChI=1S/Ca.Cl.H2O4S/c;;1-5(2,3)4/h;;(H2,1,2,3,4)/q+2;+1;. The second-order valence-electron chi connectivity index (χ2n) is 0.448. The average Bonchev–Trinajstić information content (AvgIpc) is 0.722. The Morgan fingerprint density at radius 2 is 1.14 bits per heavy atom.